The quantitative estimate of drug-likeness (QED) is 0.681. The maximum absolute atomic E-state index is 3.58. The Morgan fingerprint density at radius 1 is 1.08 bits per heavy atom. The first-order valence-electron chi connectivity index (χ1n) is 4.76. The van der Waals surface area contributed by atoms with Crippen molar-refractivity contribution in [2.24, 2.45) is 5.92 Å². The van der Waals surface area contributed by atoms with Gasteiger partial charge in [0.15, 0.2) is 0 Å². The van der Waals surface area contributed by atoms with Crippen LogP contribution in [-0.4, -0.2) is 10.3 Å². The third kappa shape index (κ3) is 3.36. The van der Waals surface area contributed by atoms with Crippen molar-refractivity contribution < 1.29 is 0 Å². The van der Waals surface area contributed by atoms with Gasteiger partial charge in [-0.2, -0.15) is 0 Å². The highest BCUT2D eigenvalue weighted by Crippen LogP contribution is 2.41. The molecule has 0 amide bonds. The normalized spacial score (nSPS) is 19.8. The zero-order chi connectivity index (χ0) is 9.41. The standard InChI is InChI=1S/C10H21NS/c1-9(2,3)12-11-10(4,5)8-6-7-8/h8,11H,6-7H2,1-5H3. The zero-order valence-electron chi connectivity index (χ0n) is 8.90. The van der Waals surface area contributed by atoms with Gasteiger partial charge in [0.1, 0.15) is 0 Å². The van der Waals surface area contributed by atoms with Crippen LogP contribution in [0.15, 0.2) is 0 Å². The van der Waals surface area contributed by atoms with Crippen molar-refractivity contribution in [1.82, 2.24) is 4.72 Å². The molecule has 12 heavy (non-hydrogen) atoms. The van der Waals surface area contributed by atoms with E-state index in [1.54, 1.807) is 0 Å². The predicted octanol–water partition coefficient (Wildman–Crippen LogP) is 3.21. The van der Waals surface area contributed by atoms with Gasteiger partial charge in [-0.25, -0.2) is 0 Å². The minimum Gasteiger partial charge on any atom is -0.258 e. The molecule has 0 aliphatic heterocycles. The highest BCUT2D eigenvalue weighted by atomic mass is 32.2. The Kier molecular flexibility index (Phi) is 2.79. The van der Waals surface area contributed by atoms with Gasteiger partial charge in [0, 0.05) is 10.3 Å². The van der Waals surface area contributed by atoms with Gasteiger partial charge >= 0.3 is 0 Å². The summed E-state index contributed by atoms with van der Waals surface area (Å²) in [6, 6.07) is 0. The average molecular weight is 187 g/mol. The van der Waals surface area contributed by atoms with Crippen LogP contribution in [0.5, 0.6) is 0 Å². The van der Waals surface area contributed by atoms with Crippen molar-refractivity contribution in [3.63, 3.8) is 0 Å². The Bertz CT molecular complexity index is 154. The lowest BCUT2D eigenvalue weighted by Gasteiger charge is -2.29. The summed E-state index contributed by atoms with van der Waals surface area (Å²) in [5.41, 5.74) is 0.331. The molecular weight excluding hydrogens is 166 g/mol. The van der Waals surface area contributed by atoms with E-state index in [0.29, 0.717) is 10.3 Å². The van der Waals surface area contributed by atoms with Crippen molar-refractivity contribution in [1.29, 1.82) is 0 Å². The van der Waals surface area contributed by atoms with E-state index >= 15 is 0 Å². The molecule has 1 aliphatic carbocycles. The Morgan fingerprint density at radius 3 is 1.92 bits per heavy atom. The molecule has 0 aromatic carbocycles. The average Bonchev–Trinajstić information content (AvgIpc) is 2.62. The van der Waals surface area contributed by atoms with Crippen molar-refractivity contribution >= 4 is 11.9 Å². The van der Waals surface area contributed by atoms with Gasteiger partial charge in [0.2, 0.25) is 0 Å². The summed E-state index contributed by atoms with van der Waals surface area (Å²) in [5.74, 6) is 0.910. The van der Waals surface area contributed by atoms with E-state index in [0.717, 1.165) is 5.92 Å². The topological polar surface area (TPSA) is 12.0 Å². The van der Waals surface area contributed by atoms with Crippen LogP contribution in [0.4, 0.5) is 0 Å². The fraction of sp³-hybridized carbons (Fsp3) is 1.00. The summed E-state index contributed by atoms with van der Waals surface area (Å²) in [5, 5.41) is 0. The first kappa shape index (κ1) is 10.4. The highest BCUT2D eigenvalue weighted by Gasteiger charge is 2.38. The molecule has 1 nitrogen and oxygen atoms in total. The first-order valence-corrected chi connectivity index (χ1v) is 5.58. The molecule has 2 heteroatoms. The number of nitrogens with one attached hydrogen (secondary N) is 1. The number of hydrogen-bond donors (Lipinski definition) is 1. The van der Waals surface area contributed by atoms with Crippen LogP contribution in [-0.2, 0) is 0 Å². The Morgan fingerprint density at radius 2 is 1.58 bits per heavy atom. The van der Waals surface area contributed by atoms with Gasteiger partial charge in [-0.1, -0.05) is 11.9 Å². The first-order chi connectivity index (χ1) is 5.31. The lowest BCUT2D eigenvalue weighted by Crippen LogP contribution is -2.39. The lowest BCUT2D eigenvalue weighted by molar-refractivity contribution is 0.416. The maximum Gasteiger partial charge on any atom is 0.0255 e. The molecule has 0 atom stereocenters. The number of hydrogen-bond acceptors (Lipinski definition) is 2. The summed E-state index contributed by atoms with van der Waals surface area (Å²) >= 11 is 1.86. The van der Waals surface area contributed by atoms with Crippen LogP contribution < -0.4 is 4.72 Å². The van der Waals surface area contributed by atoms with E-state index in [9.17, 15) is 0 Å². The molecule has 1 N–H and O–H groups in total. The van der Waals surface area contributed by atoms with Gasteiger partial charge < -0.3 is 0 Å². The summed E-state index contributed by atoms with van der Waals surface area (Å²) < 4.78 is 3.90. The Hall–Kier alpha value is 0.310. The minimum absolute atomic E-state index is 0.326. The van der Waals surface area contributed by atoms with E-state index in [-0.39, 0.29) is 0 Å². The van der Waals surface area contributed by atoms with Crippen LogP contribution in [0.2, 0.25) is 0 Å². The molecule has 0 saturated heterocycles. The molecule has 0 spiro atoms. The molecule has 0 unspecified atom stereocenters. The smallest absolute Gasteiger partial charge is 0.0255 e. The van der Waals surface area contributed by atoms with Gasteiger partial charge in [-0.3, -0.25) is 4.72 Å². The molecule has 1 saturated carbocycles. The van der Waals surface area contributed by atoms with Crippen molar-refractivity contribution in [3.8, 4) is 0 Å². The molecule has 0 radical (unpaired) electrons. The lowest BCUT2D eigenvalue weighted by atomic mass is 10.0. The van der Waals surface area contributed by atoms with Crippen molar-refractivity contribution in [3.05, 3.63) is 0 Å². The van der Waals surface area contributed by atoms with Crippen LogP contribution in [0, 0.1) is 5.92 Å². The van der Waals surface area contributed by atoms with E-state index in [4.69, 9.17) is 0 Å². The van der Waals surface area contributed by atoms with E-state index in [2.05, 4.69) is 39.3 Å². The molecule has 0 bridgehead atoms. The van der Waals surface area contributed by atoms with Crippen LogP contribution in [0.25, 0.3) is 0 Å². The minimum atomic E-state index is 0.326. The highest BCUT2D eigenvalue weighted by molar-refractivity contribution is 7.98. The van der Waals surface area contributed by atoms with Crippen molar-refractivity contribution in [2.45, 2.75) is 57.7 Å². The fourth-order valence-electron chi connectivity index (χ4n) is 1.17. The van der Waals surface area contributed by atoms with Crippen molar-refractivity contribution in [2.75, 3.05) is 0 Å². The monoisotopic (exact) mass is 187 g/mol. The van der Waals surface area contributed by atoms with Crippen LogP contribution in [0.3, 0.4) is 0 Å². The molecule has 1 rings (SSSR count). The van der Waals surface area contributed by atoms with E-state index in [1.807, 2.05) is 11.9 Å². The molecule has 1 fully saturated rings. The maximum atomic E-state index is 3.58. The van der Waals surface area contributed by atoms with Gasteiger partial charge in [0.05, 0.1) is 0 Å². The zero-order valence-corrected chi connectivity index (χ0v) is 9.72. The Labute approximate surface area is 80.8 Å². The second-order valence-corrected chi connectivity index (χ2v) is 6.95. The third-order valence-electron chi connectivity index (χ3n) is 2.22. The Balaban J connectivity index is 2.30. The summed E-state index contributed by atoms with van der Waals surface area (Å²) in [4.78, 5) is 0. The second-order valence-electron chi connectivity index (χ2n) is 5.31. The third-order valence-corrected chi connectivity index (χ3v) is 3.46. The van der Waals surface area contributed by atoms with Crippen LogP contribution >= 0.6 is 11.9 Å². The van der Waals surface area contributed by atoms with Gasteiger partial charge in [-0.15, -0.1) is 0 Å². The second kappa shape index (κ2) is 3.22. The molecular formula is C10H21NS. The fourth-order valence-corrected chi connectivity index (χ4v) is 1.91. The molecule has 0 aromatic heterocycles. The van der Waals surface area contributed by atoms with Crippen LogP contribution in [0.1, 0.15) is 47.5 Å². The summed E-state index contributed by atoms with van der Waals surface area (Å²) in [6.45, 7) is 11.3. The van der Waals surface area contributed by atoms with Gasteiger partial charge in [-0.05, 0) is 53.4 Å². The summed E-state index contributed by atoms with van der Waals surface area (Å²) in [7, 11) is 0. The number of rotatable bonds is 3. The summed E-state index contributed by atoms with van der Waals surface area (Å²) in [6.07, 6.45) is 2.81. The molecule has 72 valence electrons. The van der Waals surface area contributed by atoms with E-state index in [1.165, 1.54) is 12.8 Å². The SMILES string of the molecule is CC(C)(C)SNC(C)(C)C1CC1. The van der Waals surface area contributed by atoms with E-state index < -0.39 is 0 Å². The predicted molar refractivity (Wildman–Crippen MR) is 57.3 cm³/mol. The molecule has 0 aromatic rings. The molecule has 1 aliphatic rings. The molecule has 0 heterocycles. The largest absolute Gasteiger partial charge is 0.258 e. The van der Waals surface area contributed by atoms with Gasteiger partial charge in [0.25, 0.3) is 0 Å².